The van der Waals surface area contributed by atoms with Gasteiger partial charge in [-0.15, -0.1) is 6.58 Å². The summed E-state index contributed by atoms with van der Waals surface area (Å²) in [4.78, 5) is 6.40. The van der Waals surface area contributed by atoms with E-state index in [0.717, 1.165) is 32.4 Å². The molecule has 0 radical (unpaired) electrons. The summed E-state index contributed by atoms with van der Waals surface area (Å²) >= 11 is 0. The van der Waals surface area contributed by atoms with E-state index in [-0.39, 0.29) is 27.8 Å². The number of nitrogens with zero attached hydrogens (tertiary/aromatic N) is 1. The Morgan fingerprint density at radius 1 is 1.00 bits per heavy atom. The molecule has 2 fully saturated rings. The summed E-state index contributed by atoms with van der Waals surface area (Å²) in [6.45, 7) is 29.1. The summed E-state index contributed by atoms with van der Waals surface area (Å²) in [6, 6.07) is 10.9. The van der Waals surface area contributed by atoms with Gasteiger partial charge in [0.15, 0.2) is 16.6 Å². The van der Waals surface area contributed by atoms with E-state index >= 15 is 0 Å². The Labute approximate surface area is 217 Å². The van der Waals surface area contributed by atoms with Crippen LogP contribution in [0.4, 0.5) is 0 Å². The number of fused-ring (bicyclic) bond motifs is 1. The lowest BCUT2D eigenvalue weighted by Crippen LogP contribution is -2.61. The number of hydroxylamine groups is 2. The van der Waals surface area contributed by atoms with Gasteiger partial charge in [-0.05, 0) is 54.7 Å². The fourth-order valence-electron chi connectivity index (χ4n) is 5.16. The molecule has 35 heavy (non-hydrogen) atoms. The zero-order valence-electron chi connectivity index (χ0n) is 24.1. The highest BCUT2D eigenvalue weighted by molar-refractivity contribution is 6.74. The molecule has 6 heteroatoms. The van der Waals surface area contributed by atoms with Crippen molar-refractivity contribution in [3.8, 4) is 0 Å². The first-order valence-corrected chi connectivity index (χ1v) is 19.2. The zero-order valence-corrected chi connectivity index (χ0v) is 26.1. The molecule has 0 bridgehead atoms. The van der Waals surface area contributed by atoms with Crippen molar-refractivity contribution >= 4 is 16.6 Å². The van der Waals surface area contributed by atoms with Crippen molar-refractivity contribution < 1.29 is 13.7 Å². The van der Waals surface area contributed by atoms with Gasteiger partial charge < -0.3 is 8.85 Å². The normalized spacial score (nSPS) is 28.7. The molecule has 1 aliphatic heterocycles. The molecule has 3 rings (SSSR count). The van der Waals surface area contributed by atoms with Gasteiger partial charge in [0.2, 0.25) is 0 Å². The van der Waals surface area contributed by atoms with E-state index in [1.165, 1.54) is 5.56 Å². The molecule has 4 atom stereocenters. The van der Waals surface area contributed by atoms with Crippen LogP contribution in [-0.4, -0.2) is 46.1 Å². The van der Waals surface area contributed by atoms with Crippen molar-refractivity contribution in [2.45, 2.75) is 121 Å². The Morgan fingerprint density at radius 3 is 2.14 bits per heavy atom. The number of hydrogen-bond acceptors (Lipinski definition) is 4. The van der Waals surface area contributed by atoms with Gasteiger partial charge >= 0.3 is 0 Å². The predicted octanol–water partition coefficient (Wildman–Crippen LogP) is 7.94. The van der Waals surface area contributed by atoms with E-state index < -0.39 is 16.6 Å². The van der Waals surface area contributed by atoms with Crippen LogP contribution in [0.3, 0.4) is 0 Å². The highest BCUT2D eigenvalue weighted by atomic mass is 28.4. The third kappa shape index (κ3) is 6.39. The standard InChI is InChI=1S/C29H51NO3Si2/c1-12-18-29(33-35(10,11)28(5,6)7)19-24-22-31-30(21-23-16-14-13-15-17-23)26(24)25(20-29)32-34(8,9)27(2,3)4/h12-17,24-26H,1,18-22H2,2-11H3/t24-,25+,26+,29-/m1/s1. The van der Waals surface area contributed by atoms with Gasteiger partial charge in [-0.2, -0.15) is 5.06 Å². The molecular weight excluding hydrogens is 466 g/mol. The van der Waals surface area contributed by atoms with Gasteiger partial charge in [-0.1, -0.05) is 78.0 Å². The Bertz CT molecular complexity index is 859. The molecule has 1 heterocycles. The maximum atomic E-state index is 7.29. The van der Waals surface area contributed by atoms with Crippen molar-refractivity contribution in [1.29, 1.82) is 0 Å². The van der Waals surface area contributed by atoms with Crippen molar-refractivity contribution in [3.05, 3.63) is 48.6 Å². The summed E-state index contributed by atoms with van der Waals surface area (Å²) in [5.41, 5.74) is 1.03. The first-order valence-electron chi connectivity index (χ1n) is 13.4. The van der Waals surface area contributed by atoms with Gasteiger partial charge in [0.05, 0.1) is 24.4 Å². The van der Waals surface area contributed by atoms with Crippen LogP contribution in [0, 0.1) is 5.92 Å². The number of rotatable bonds is 8. The quantitative estimate of drug-likeness (QED) is 0.259. The second-order valence-electron chi connectivity index (χ2n) is 14.0. The summed E-state index contributed by atoms with van der Waals surface area (Å²) in [7, 11) is -4.00. The number of benzene rings is 1. The van der Waals surface area contributed by atoms with E-state index in [9.17, 15) is 0 Å². The molecule has 0 aromatic heterocycles. The van der Waals surface area contributed by atoms with Crippen molar-refractivity contribution in [3.63, 3.8) is 0 Å². The van der Waals surface area contributed by atoms with E-state index in [2.05, 4.69) is 116 Å². The minimum Gasteiger partial charge on any atom is -0.412 e. The second kappa shape index (κ2) is 10.2. The van der Waals surface area contributed by atoms with Crippen LogP contribution in [0.25, 0.3) is 0 Å². The van der Waals surface area contributed by atoms with Crippen molar-refractivity contribution in [2.75, 3.05) is 6.61 Å². The lowest BCUT2D eigenvalue weighted by Gasteiger charge is -2.53. The minimum atomic E-state index is -2.01. The van der Waals surface area contributed by atoms with E-state index in [4.69, 9.17) is 13.7 Å². The maximum Gasteiger partial charge on any atom is 0.192 e. The largest absolute Gasteiger partial charge is 0.412 e. The Hall–Kier alpha value is -0.766. The predicted molar refractivity (Wildman–Crippen MR) is 152 cm³/mol. The van der Waals surface area contributed by atoms with Crippen molar-refractivity contribution in [1.82, 2.24) is 5.06 Å². The molecule has 1 aromatic carbocycles. The van der Waals surface area contributed by atoms with Crippen LogP contribution in [0.2, 0.25) is 36.3 Å². The molecule has 1 aliphatic carbocycles. The molecule has 1 saturated carbocycles. The first-order chi connectivity index (χ1) is 16.0. The lowest BCUT2D eigenvalue weighted by molar-refractivity contribution is -0.166. The lowest BCUT2D eigenvalue weighted by atomic mass is 9.72. The topological polar surface area (TPSA) is 30.9 Å². The molecule has 0 unspecified atom stereocenters. The van der Waals surface area contributed by atoms with Gasteiger partial charge in [-0.3, -0.25) is 4.84 Å². The monoisotopic (exact) mass is 517 g/mol. The smallest absolute Gasteiger partial charge is 0.192 e. The Kier molecular flexibility index (Phi) is 8.38. The Morgan fingerprint density at radius 2 is 1.60 bits per heavy atom. The highest BCUT2D eigenvalue weighted by Gasteiger charge is 2.56. The van der Waals surface area contributed by atoms with Crippen LogP contribution < -0.4 is 0 Å². The van der Waals surface area contributed by atoms with Crippen LogP contribution in [-0.2, 0) is 20.2 Å². The molecule has 2 aliphatic rings. The van der Waals surface area contributed by atoms with Gasteiger partial charge in [0.1, 0.15) is 0 Å². The third-order valence-electron chi connectivity index (χ3n) is 9.09. The first kappa shape index (κ1) is 28.8. The molecule has 0 spiro atoms. The summed E-state index contributed by atoms with van der Waals surface area (Å²) in [6.07, 6.45) is 4.89. The van der Waals surface area contributed by atoms with Crippen LogP contribution in [0.5, 0.6) is 0 Å². The van der Waals surface area contributed by atoms with Crippen LogP contribution in [0.15, 0.2) is 43.0 Å². The second-order valence-corrected chi connectivity index (χ2v) is 23.5. The van der Waals surface area contributed by atoms with Crippen LogP contribution in [0.1, 0.15) is 66.4 Å². The summed E-state index contributed by atoms with van der Waals surface area (Å²) in [5, 5.41) is 2.52. The van der Waals surface area contributed by atoms with E-state index in [1.54, 1.807) is 0 Å². The molecular formula is C29H51NO3Si2. The van der Waals surface area contributed by atoms with Crippen LogP contribution >= 0.6 is 0 Å². The average molecular weight is 518 g/mol. The minimum absolute atomic E-state index is 0.0746. The molecule has 4 nitrogen and oxygen atoms in total. The summed E-state index contributed by atoms with van der Waals surface area (Å²) in [5.74, 6) is 0.381. The molecule has 1 saturated heterocycles. The number of hydrogen-bond donors (Lipinski definition) is 0. The highest BCUT2D eigenvalue weighted by Crippen LogP contribution is 2.50. The summed E-state index contributed by atoms with van der Waals surface area (Å²) < 4.78 is 14.5. The van der Waals surface area contributed by atoms with E-state index in [1.807, 2.05) is 0 Å². The van der Waals surface area contributed by atoms with Gasteiger partial charge in [-0.25, -0.2) is 0 Å². The SMILES string of the molecule is C=CC[C@@]1(O[Si](C)(C)C(C)(C)C)C[C@@H]2CON(Cc3ccccc3)[C@@H]2[C@@H](O[Si](C)(C)C(C)(C)C)C1. The third-order valence-corrected chi connectivity index (χ3v) is 18.1. The molecule has 1 aromatic rings. The fourth-order valence-corrected chi connectivity index (χ4v) is 8.13. The molecule has 0 amide bonds. The van der Waals surface area contributed by atoms with E-state index in [0.29, 0.717) is 5.92 Å². The average Bonchev–Trinajstić information content (AvgIpc) is 3.09. The fraction of sp³-hybridized carbons (Fsp3) is 0.724. The maximum absolute atomic E-state index is 7.29. The van der Waals surface area contributed by atoms with Crippen molar-refractivity contribution in [2.24, 2.45) is 5.92 Å². The zero-order chi connectivity index (χ0) is 26.3. The Balaban J connectivity index is 1.97. The van der Waals surface area contributed by atoms with Gasteiger partial charge in [0, 0.05) is 18.9 Å². The molecule has 0 N–H and O–H groups in total. The molecule has 198 valence electrons. The van der Waals surface area contributed by atoms with Gasteiger partial charge in [0.25, 0.3) is 0 Å².